The molecule has 1 N–H and O–H groups in total. The zero-order valence-electron chi connectivity index (χ0n) is 6.31. The molecule has 0 radical (unpaired) electrons. The molecule has 0 saturated carbocycles. The van der Waals surface area contributed by atoms with Crippen molar-refractivity contribution in [2.45, 2.75) is 0 Å². The normalized spacial score (nSPS) is 9.54. The minimum absolute atomic E-state index is 0. The van der Waals surface area contributed by atoms with Gasteiger partial charge in [-0.1, -0.05) is 0 Å². The lowest BCUT2D eigenvalue weighted by Crippen LogP contribution is -2.18. The maximum absolute atomic E-state index is 11.0. The topological polar surface area (TPSA) is 76.0 Å². The van der Waals surface area contributed by atoms with E-state index in [9.17, 15) is 9.59 Å². The van der Waals surface area contributed by atoms with Crippen LogP contribution >= 0.6 is 12.4 Å². The fourth-order valence-corrected chi connectivity index (χ4v) is 0.921. The zero-order chi connectivity index (χ0) is 8.55. The van der Waals surface area contributed by atoms with E-state index in [1.165, 1.54) is 12.3 Å². The molecule has 0 aliphatic heterocycles. The molecular formula is C7H5ClN2O3. The van der Waals surface area contributed by atoms with Gasteiger partial charge in [-0.25, -0.2) is 9.78 Å². The quantitative estimate of drug-likeness (QED) is 0.664. The molecular weight excluding hydrogens is 196 g/mol. The van der Waals surface area contributed by atoms with Crippen molar-refractivity contribution in [3.8, 4) is 0 Å². The summed E-state index contributed by atoms with van der Waals surface area (Å²) in [7, 11) is 0. The second kappa shape index (κ2) is 3.40. The van der Waals surface area contributed by atoms with Crippen LogP contribution in [0.3, 0.4) is 0 Å². The van der Waals surface area contributed by atoms with Gasteiger partial charge in [-0.05, 0) is 12.1 Å². The minimum atomic E-state index is -0.763. The third-order valence-corrected chi connectivity index (χ3v) is 1.40. The molecule has 0 aliphatic carbocycles. The molecule has 0 bridgehead atoms. The van der Waals surface area contributed by atoms with Crippen molar-refractivity contribution in [3.63, 3.8) is 0 Å². The van der Waals surface area contributed by atoms with Crippen LogP contribution < -0.4 is 11.3 Å². The van der Waals surface area contributed by atoms with Crippen LogP contribution in [-0.2, 0) is 0 Å². The van der Waals surface area contributed by atoms with Crippen LogP contribution in [0.2, 0.25) is 0 Å². The second-order valence-corrected chi connectivity index (χ2v) is 2.19. The lowest BCUT2D eigenvalue weighted by atomic mass is 10.4. The molecule has 2 aromatic heterocycles. The van der Waals surface area contributed by atoms with Crippen molar-refractivity contribution in [1.82, 2.24) is 9.97 Å². The Balaban J connectivity index is 0.000000845. The zero-order valence-corrected chi connectivity index (χ0v) is 7.13. The van der Waals surface area contributed by atoms with Gasteiger partial charge in [-0.3, -0.25) is 9.78 Å². The van der Waals surface area contributed by atoms with Crippen LogP contribution in [0.15, 0.2) is 32.3 Å². The highest BCUT2D eigenvalue weighted by Gasteiger charge is 2.00. The van der Waals surface area contributed by atoms with E-state index in [1.54, 1.807) is 6.07 Å². The second-order valence-electron chi connectivity index (χ2n) is 2.19. The van der Waals surface area contributed by atoms with Crippen LogP contribution in [0, 0.1) is 0 Å². The Morgan fingerprint density at radius 2 is 2.15 bits per heavy atom. The maximum Gasteiger partial charge on any atom is 0.419 e. The summed E-state index contributed by atoms with van der Waals surface area (Å²) in [6, 6.07) is 3.10. The maximum atomic E-state index is 11.0. The predicted molar refractivity (Wildman–Crippen MR) is 48.1 cm³/mol. The van der Waals surface area contributed by atoms with Gasteiger partial charge in [-0.15, -0.1) is 12.4 Å². The SMILES string of the molecule is Cl.O=c1[nH]c(=O)c2ncccc2o1. The Bertz CT molecular complexity index is 531. The highest BCUT2D eigenvalue weighted by molar-refractivity contribution is 5.85. The number of fused-ring (bicyclic) bond motifs is 1. The molecule has 0 atom stereocenters. The Morgan fingerprint density at radius 1 is 1.38 bits per heavy atom. The van der Waals surface area contributed by atoms with E-state index in [-0.39, 0.29) is 23.5 Å². The first kappa shape index (κ1) is 9.47. The summed E-state index contributed by atoms with van der Waals surface area (Å²) in [4.78, 5) is 27.4. The van der Waals surface area contributed by atoms with E-state index in [0.29, 0.717) is 0 Å². The smallest absolute Gasteiger partial charge is 0.407 e. The minimum Gasteiger partial charge on any atom is -0.407 e. The highest BCUT2D eigenvalue weighted by Crippen LogP contribution is 2.00. The molecule has 2 rings (SSSR count). The van der Waals surface area contributed by atoms with Crippen molar-refractivity contribution in [3.05, 3.63) is 39.2 Å². The Morgan fingerprint density at radius 3 is 2.92 bits per heavy atom. The van der Waals surface area contributed by atoms with Crippen molar-refractivity contribution in [1.29, 1.82) is 0 Å². The van der Waals surface area contributed by atoms with Crippen molar-refractivity contribution in [2.24, 2.45) is 0 Å². The largest absolute Gasteiger partial charge is 0.419 e. The van der Waals surface area contributed by atoms with Gasteiger partial charge in [0.05, 0.1) is 0 Å². The van der Waals surface area contributed by atoms with E-state index in [4.69, 9.17) is 0 Å². The summed E-state index contributed by atoms with van der Waals surface area (Å²) in [5.74, 6) is -0.763. The average molecular weight is 201 g/mol. The molecule has 0 aliphatic rings. The van der Waals surface area contributed by atoms with E-state index in [1.807, 2.05) is 4.98 Å². The number of aromatic amines is 1. The van der Waals surface area contributed by atoms with Gasteiger partial charge in [-0.2, -0.15) is 0 Å². The molecule has 2 aromatic rings. The Kier molecular flexibility index (Phi) is 2.48. The fraction of sp³-hybridized carbons (Fsp3) is 0. The lowest BCUT2D eigenvalue weighted by molar-refractivity contribution is 0.526. The van der Waals surface area contributed by atoms with Gasteiger partial charge in [0.2, 0.25) is 0 Å². The number of nitrogens with zero attached hydrogens (tertiary/aromatic N) is 1. The number of rotatable bonds is 0. The third kappa shape index (κ3) is 1.59. The third-order valence-electron chi connectivity index (χ3n) is 1.40. The monoisotopic (exact) mass is 200 g/mol. The van der Waals surface area contributed by atoms with Crippen LogP contribution in [0.25, 0.3) is 11.1 Å². The molecule has 2 heterocycles. The number of H-pyrrole nitrogens is 1. The van der Waals surface area contributed by atoms with Gasteiger partial charge >= 0.3 is 5.76 Å². The summed E-state index contributed by atoms with van der Waals surface area (Å²) in [5, 5.41) is 0. The first-order valence-electron chi connectivity index (χ1n) is 3.25. The first-order valence-corrected chi connectivity index (χ1v) is 3.25. The summed E-state index contributed by atoms with van der Waals surface area (Å²) in [6.07, 6.45) is 1.46. The van der Waals surface area contributed by atoms with Crippen molar-refractivity contribution in [2.75, 3.05) is 0 Å². The molecule has 0 aromatic carbocycles. The van der Waals surface area contributed by atoms with E-state index in [0.717, 1.165) is 0 Å². The average Bonchev–Trinajstić information content (AvgIpc) is 2.04. The van der Waals surface area contributed by atoms with E-state index >= 15 is 0 Å². The number of nitrogens with one attached hydrogen (secondary N) is 1. The summed E-state index contributed by atoms with van der Waals surface area (Å²) < 4.78 is 4.67. The number of hydrogen-bond acceptors (Lipinski definition) is 4. The molecule has 0 amide bonds. The molecule has 5 nitrogen and oxygen atoms in total. The van der Waals surface area contributed by atoms with Crippen LogP contribution in [-0.4, -0.2) is 9.97 Å². The van der Waals surface area contributed by atoms with E-state index < -0.39 is 11.3 Å². The van der Waals surface area contributed by atoms with Crippen LogP contribution in [0.1, 0.15) is 0 Å². The summed E-state index contributed by atoms with van der Waals surface area (Å²) in [5.41, 5.74) is -0.190. The van der Waals surface area contributed by atoms with Gasteiger partial charge in [0.25, 0.3) is 5.56 Å². The van der Waals surface area contributed by atoms with Crippen LogP contribution in [0.5, 0.6) is 0 Å². The Hall–Kier alpha value is -1.62. The number of aromatic nitrogens is 2. The van der Waals surface area contributed by atoms with Crippen LogP contribution in [0.4, 0.5) is 0 Å². The number of pyridine rings is 1. The molecule has 6 heteroatoms. The number of halogens is 1. The van der Waals surface area contributed by atoms with Gasteiger partial charge in [0.15, 0.2) is 11.1 Å². The molecule has 13 heavy (non-hydrogen) atoms. The highest BCUT2D eigenvalue weighted by atomic mass is 35.5. The predicted octanol–water partition coefficient (Wildman–Crippen LogP) is 0.298. The first-order chi connectivity index (χ1) is 5.77. The molecule has 0 unspecified atom stereocenters. The standard InChI is InChI=1S/C7H4N2O3.ClH/c10-6-5-4(2-1-3-8-5)12-7(11)9-6;/h1-3H,(H,9,10,11);1H. The summed E-state index contributed by atoms with van der Waals surface area (Å²) in [6.45, 7) is 0. The van der Waals surface area contributed by atoms with E-state index in [2.05, 4.69) is 9.40 Å². The number of hydrogen-bond donors (Lipinski definition) is 1. The molecule has 68 valence electrons. The van der Waals surface area contributed by atoms with Gasteiger partial charge < -0.3 is 4.42 Å². The van der Waals surface area contributed by atoms with Crippen molar-refractivity contribution >= 4 is 23.5 Å². The van der Waals surface area contributed by atoms with Gasteiger partial charge in [0, 0.05) is 6.20 Å². The fourth-order valence-electron chi connectivity index (χ4n) is 0.921. The van der Waals surface area contributed by atoms with Gasteiger partial charge in [0.1, 0.15) is 0 Å². The van der Waals surface area contributed by atoms with Crippen molar-refractivity contribution < 1.29 is 4.42 Å². The Labute approximate surface area is 77.8 Å². The summed E-state index contributed by atoms with van der Waals surface area (Å²) >= 11 is 0. The lowest BCUT2D eigenvalue weighted by Gasteiger charge is -1.90. The molecule has 0 saturated heterocycles. The molecule has 0 fully saturated rings. The molecule has 0 spiro atoms.